The maximum absolute atomic E-state index is 11.5. The molecule has 1 aromatic carbocycles. The first kappa shape index (κ1) is 13.7. The van der Waals surface area contributed by atoms with Gasteiger partial charge in [-0.3, -0.25) is 4.79 Å². The van der Waals surface area contributed by atoms with E-state index in [9.17, 15) is 4.79 Å². The topological polar surface area (TPSA) is 67.8 Å². The first-order valence-electron chi connectivity index (χ1n) is 6.55. The number of unbranched alkanes of at least 4 members (excludes halogenated alkanes) is 1. The van der Waals surface area contributed by atoms with Gasteiger partial charge in [0.25, 0.3) is 0 Å². The van der Waals surface area contributed by atoms with Crippen LogP contribution in [0.2, 0.25) is 0 Å². The van der Waals surface area contributed by atoms with Crippen LogP contribution in [-0.2, 0) is 4.79 Å². The third-order valence-corrected chi connectivity index (χ3v) is 2.91. The molecule has 0 bridgehead atoms. The van der Waals surface area contributed by atoms with Crippen molar-refractivity contribution in [3.63, 3.8) is 0 Å². The van der Waals surface area contributed by atoms with E-state index >= 15 is 0 Å². The van der Waals surface area contributed by atoms with Gasteiger partial charge in [-0.05, 0) is 25.0 Å². The molecule has 0 fully saturated rings. The van der Waals surface area contributed by atoms with E-state index < -0.39 is 0 Å². The highest BCUT2D eigenvalue weighted by atomic mass is 16.6. The number of aliphatic hydroxyl groups excluding tert-OH is 1. The van der Waals surface area contributed by atoms with E-state index in [2.05, 4.69) is 5.32 Å². The molecule has 1 aliphatic rings. The number of hydrogen-bond acceptors (Lipinski definition) is 4. The zero-order valence-corrected chi connectivity index (χ0v) is 10.8. The van der Waals surface area contributed by atoms with Gasteiger partial charge in [-0.15, -0.1) is 0 Å². The second-order valence-corrected chi connectivity index (χ2v) is 4.48. The molecule has 0 spiro atoms. The van der Waals surface area contributed by atoms with Crippen molar-refractivity contribution in [1.82, 2.24) is 5.32 Å². The van der Waals surface area contributed by atoms with Gasteiger partial charge < -0.3 is 19.9 Å². The summed E-state index contributed by atoms with van der Waals surface area (Å²) in [6.45, 7) is 1.00. The molecular formula is C14H19NO4. The summed E-state index contributed by atoms with van der Waals surface area (Å²) in [6, 6.07) is 7.49. The van der Waals surface area contributed by atoms with Crippen molar-refractivity contribution in [2.24, 2.45) is 0 Å². The van der Waals surface area contributed by atoms with E-state index in [0.717, 1.165) is 5.75 Å². The van der Waals surface area contributed by atoms with Gasteiger partial charge in [0.2, 0.25) is 5.91 Å². The quantitative estimate of drug-likeness (QED) is 0.756. The fourth-order valence-corrected chi connectivity index (χ4v) is 1.88. The summed E-state index contributed by atoms with van der Waals surface area (Å²) >= 11 is 0. The molecule has 2 N–H and O–H groups in total. The molecule has 1 aromatic rings. The molecule has 1 aliphatic heterocycles. The molecule has 1 atom stereocenters. The average molecular weight is 265 g/mol. The van der Waals surface area contributed by atoms with Crippen molar-refractivity contribution in [1.29, 1.82) is 0 Å². The first-order chi connectivity index (χ1) is 9.29. The smallest absolute Gasteiger partial charge is 0.220 e. The molecule has 1 amide bonds. The number of nitrogens with one attached hydrogen (secondary N) is 1. The van der Waals surface area contributed by atoms with Crippen LogP contribution in [-0.4, -0.2) is 36.9 Å². The van der Waals surface area contributed by atoms with Crippen molar-refractivity contribution >= 4 is 5.91 Å². The molecule has 1 heterocycles. The summed E-state index contributed by atoms with van der Waals surface area (Å²) in [4.78, 5) is 11.5. The molecular weight excluding hydrogens is 246 g/mol. The summed E-state index contributed by atoms with van der Waals surface area (Å²) in [5.74, 6) is 1.44. The van der Waals surface area contributed by atoms with Gasteiger partial charge in [0.15, 0.2) is 11.5 Å². The standard InChI is InChI=1S/C14H19NO4/c16-8-4-3-7-14(17)15-9-11-10-18-12-5-1-2-6-13(12)19-11/h1-2,5-6,11,16H,3-4,7-10H2,(H,15,17). The Balaban J connectivity index is 1.72. The molecule has 5 nitrogen and oxygen atoms in total. The van der Waals surface area contributed by atoms with Crippen LogP contribution in [0.5, 0.6) is 11.5 Å². The minimum Gasteiger partial charge on any atom is -0.486 e. The Morgan fingerprint density at radius 3 is 2.89 bits per heavy atom. The highest BCUT2D eigenvalue weighted by Gasteiger charge is 2.20. The van der Waals surface area contributed by atoms with E-state index in [1.54, 1.807) is 0 Å². The van der Waals surface area contributed by atoms with Crippen LogP contribution >= 0.6 is 0 Å². The Labute approximate surface area is 112 Å². The monoisotopic (exact) mass is 265 g/mol. The molecule has 0 radical (unpaired) electrons. The lowest BCUT2D eigenvalue weighted by molar-refractivity contribution is -0.121. The van der Waals surface area contributed by atoms with Crippen LogP contribution in [0.25, 0.3) is 0 Å². The Bertz CT molecular complexity index is 422. The van der Waals surface area contributed by atoms with Gasteiger partial charge in [-0.2, -0.15) is 0 Å². The number of carbonyl (C=O) groups is 1. The Hall–Kier alpha value is -1.75. The van der Waals surface area contributed by atoms with E-state index in [0.29, 0.717) is 38.2 Å². The highest BCUT2D eigenvalue weighted by molar-refractivity contribution is 5.75. The van der Waals surface area contributed by atoms with Crippen LogP contribution in [0.3, 0.4) is 0 Å². The fraction of sp³-hybridized carbons (Fsp3) is 0.500. The number of carbonyl (C=O) groups excluding carboxylic acids is 1. The number of amides is 1. The van der Waals surface area contributed by atoms with Gasteiger partial charge in [0.1, 0.15) is 12.7 Å². The second kappa shape index (κ2) is 6.99. The number of benzene rings is 1. The minimum atomic E-state index is -0.156. The van der Waals surface area contributed by atoms with Gasteiger partial charge in [-0.25, -0.2) is 0 Å². The van der Waals surface area contributed by atoms with Crippen LogP contribution in [0.1, 0.15) is 19.3 Å². The van der Waals surface area contributed by atoms with Crippen molar-refractivity contribution in [2.75, 3.05) is 19.8 Å². The number of para-hydroxylation sites is 2. The summed E-state index contributed by atoms with van der Waals surface area (Å²) in [5, 5.41) is 11.5. The first-order valence-corrected chi connectivity index (χ1v) is 6.55. The molecule has 2 rings (SSSR count). The summed E-state index contributed by atoms with van der Waals surface area (Å²) in [7, 11) is 0. The van der Waals surface area contributed by atoms with Crippen LogP contribution in [0.15, 0.2) is 24.3 Å². The van der Waals surface area contributed by atoms with E-state index in [1.165, 1.54) is 0 Å². The van der Waals surface area contributed by atoms with Crippen LogP contribution in [0, 0.1) is 0 Å². The molecule has 5 heteroatoms. The molecule has 0 aromatic heterocycles. The SMILES string of the molecule is O=C(CCCCO)NCC1COc2ccccc2O1. The predicted octanol–water partition coefficient (Wildman–Crippen LogP) is 1.11. The van der Waals surface area contributed by atoms with Crippen molar-refractivity contribution < 1.29 is 19.4 Å². The highest BCUT2D eigenvalue weighted by Crippen LogP contribution is 2.30. The fourth-order valence-electron chi connectivity index (χ4n) is 1.88. The molecule has 0 saturated carbocycles. The number of ether oxygens (including phenoxy) is 2. The molecule has 104 valence electrons. The molecule has 1 unspecified atom stereocenters. The number of rotatable bonds is 6. The van der Waals surface area contributed by atoms with Gasteiger partial charge in [0, 0.05) is 13.0 Å². The number of fused-ring (bicyclic) bond motifs is 1. The van der Waals surface area contributed by atoms with Gasteiger partial charge >= 0.3 is 0 Å². The third-order valence-electron chi connectivity index (χ3n) is 2.91. The molecule has 19 heavy (non-hydrogen) atoms. The molecule has 0 saturated heterocycles. The minimum absolute atomic E-state index is 0.0177. The van der Waals surface area contributed by atoms with Crippen molar-refractivity contribution in [3.8, 4) is 11.5 Å². The number of aliphatic hydroxyl groups is 1. The zero-order valence-electron chi connectivity index (χ0n) is 10.8. The van der Waals surface area contributed by atoms with Crippen LogP contribution < -0.4 is 14.8 Å². The summed E-state index contributed by atoms with van der Waals surface area (Å²) in [6.07, 6.45) is 1.64. The van der Waals surface area contributed by atoms with Crippen molar-refractivity contribution in [2.45, 2.75) is 25.4 Å². The lowest BCUT2D eigenvalue weighted by Gasteiger charge is -2.26. The maximum atomic E-state index is 11.5. The molecule has 0 aliphatic carbocycles. The predicted molar refractivity (Wildman–Crippen MR) is 70.3 cm³/mol. The lowest BCUT2D eigenvalue weighted by Crippen LogP contribution is -2.40. The third kappa shape index (κ3) is 4.13. The second-order valence-electron chi connectivity index (χ2n) is 4.48. The van der Waals surface area contributed by atoms with Crippen LogP contribution in [0.4, 0.5) is 0 Å². The van der Waals surface area contributed by atoms with Gasteiger partial charge in [-0.1, -0.05) is 12.1 Å². The number of hydrogen-bond donors (Lipinski definition) is 2. The maximum Gasteiger partial charge on any atom is 0.220 e. The Morgan fingerprint density at radius 2 is 2.11 bits per heavy atom. The zero-order chi connectivity index (χ0) is 13.5. The van der Waals surface area contributed by atoms with E-state index in [4.69, 9.17) is 14.6 Å². The summed E-state index contributed by atoms with van der Waals surface area (Å²) < 4.78 is 11.3. The largest absolute Gasteiger partial charge is 0.486 e. The lowest BCUT2D eigenvalue weighted by atomic mass is 10.2. The van der Waals surface area contributed by atoms with E-state index in [-0.39, 0.29) is 18.6 Å². The van der Waals surface area contributed by atoms with Gasteiger partial charge in [0.05, 0.1) is 6.54 Å². The van der Waals surface area contributed by atoms with E-state index in [1.807, 2.05) is 24.3 Å². The van der Waals surface area contributed by atoms with Crippen molar-refractivity contribution in [3.05, 3.63) is 24.3 Å². The Kier molecular flexibility index (Phi) is 5.03. The normalized spacial score (nSPS) is 17.0. The Morgan fingerprint density at radius 1 is 1.32 bits per heavy atom. The average Bonchev–Trinajstić information content (AvgIpc) is 2.45. The summed E-state index contributed by atoms with van der Waals surface area (Å²) in [5.41, 5.74) is 0.